The van der Waals surface area contributed by atoms with Crippen molar-refractivity contribution in [1.29, 1.82) is 0 Å². The molecule has 0 saturated carbocycles. The molecule has 0 radical (unpaired) electrons. The smallest absolute Gasteiger partial charge is 0.308 e. The first kappa shape index (κ1) is 14.5. The molecule has 0 heterocycles. The molecule has 0 fully saturated rings. The van der Waals surface area contributed by atoms with Gasteiger partial charge in [-0.1, -0.05) is 30.3 Å². The molecule has 1 atom stereocenters. The summed E-state index contributed by atoms with van der Waals surface area (Å²) in [6.07, 6.45) is 0.430. The third-order valence-corrected chi connectivity index (χ3v) is 4.25. The van der Waals surface area contributed by atoms with Gasteiger partial charge in [-0.05, 0) is 36.6 Å². The lowest BCUT2D eigenvalue weighted by atomic mass is 9.86. The number of ether oxygens (including phenoxy) is 1. The summed E-state index contributed by atoms with van der Waals surface area (Å²) < 4.78 is 5.35. The second-order valence-electron chi connectivity index (χ2n) is 5.80. The number of carbonyl (C=O) groups excluding carboxylic acids is 2. The molecule has 0 amide bonds. The maximum Gasteiger partial charge on any atom is 0.308 e. The summed E-state index contributed by atoms with van der Waals surface area (Å²) in [5, 5.41) is 0. The summed E-state index contributed by atoms with van der Waals surface area (Å²) in [5.74, 6) is 0.201. The van der Waals surface area contributed by atoms with Crippen molar-refractivity contribution >= 4 is 11.8 Å². The molecule has 2 aromatic carbocycles. The Hall–Kier alpha value is -2.42. The lowest BCUT2D eigenvalue weighted by Gasteiger charge is -2.19. The quantitative estimate of drug-likeness (QED) is 0.622. The molecule has 0 spiro atoms. The number of Topliss-reactive ketones (excluding diaryl/α,β-unsaturated/α-hetero) is 1. The van der Waals surface area contributed by atoms with Crippen LogP contribution in [0.3, 0.4) is 0 Å². The minimum absolute atomic E-state index is 0.0424. The summed E-state index contributed by atoms with van der Waals surface area (Å²) in [4.78, 5) is 23.7. The zero-order chi connectivity index (χ0) is 15.9. The van der Waals surface area contributed by atoms with Gasteiger partial charge in [0.05, 0.1) is 0 Å². The summed E-state index contributed by atoms with van der Waals surface area (Å²) in [6, 6.07) is 11.5. The first-order valence-electron chi connectivity index (χ1n) is 7.39. The number of esters is 1. The van der Waals surface area contributed by atoms with Crippen LogP contribution < -0.4 is 4.74 Å². The Balaban J connectivity index is 2.20. The Kier molecular flexibility index (Phi) is 3.57. The summed E-state index contributed by atoms with van der Waals surface area (Å²) in [6.45, 7) is 5.49. The van der Waals surface area contributed by atoms with Gasteiger partial charge in [0.15, 0.2) is 5.78 Å². The SMILES string of the molecule is CC(=O)Oc1cccc2c1C(c1c(C)cccc1C)CC2=O. The van der Waals surface area contributed by atoms with Crippen molar-refractivity contribution in [2.45, 2.75) is 33.1 Å². The highest BCUT2D eigenvalue weighted by Crippen LogP contribution is 2.45. The Morgan fingerprint density at radius 1 is 1.05 bits per heavy atom. The Morgan fingerprint density at radius 2 is 1.68 bits per heavy atom. The molecule has 112 valence electrons. The molecule has 1 unspecified atom stereocenters. The predicted octanol–water partition coefficient (Wildman–Crippen LogP) is 3.95. The standard InChI is InChI=1S/C19H18O3/c1-11-6-4-7-12(2)18(11)15-10-16(21)14-8-5-9-17(19(14)15)22-13(3)20/h4-9,15H,10H2,1-3H3. The van der Waals surface area contributed by atoms with Crippen molar-refractivity contribution in [1.82, 2.24) is 0 Å². The Morgan fingerprint density at radius 3 is 2.32 bits per heavy atom. The van der Waals surface area contributed by atoms with E-state index in [2.05, 4.69) is 26.0 Å². The van der Waals surface area contributed by atoms with Gasteiger partial charge in [-0.15, -0.1) is 0 Å². The van der Waals surface area contributed by atoms with E-state index >= 15 is 0 Å². The molecular formula is C19H18O3. The molecule has 1 aliphatic carbocycles. The van der Waals surface area contributed by atoms with E-state index in [0.29, 0.717) is 17.7 Å². The normalized spacial score (nSPS) is 16.5. The summed E-state index contributed by atoms with van der Waals surface area (Å²) in [5.41, 5.74) is 4.99. The van der Waals surface area contributed by atoms with Crippen LogP contribution in [-0.4, -0.2) is 11.8 Å². The second kappa shape index (κ2) is 5.41. The first-order valence-corrected chi connectivity index (χ1v) is 7.39. The van der Waals surface area contributed by atoms with Crippen LogP contribution in [0.2, 0.25) is 0 Å². The van der Waals surface area contributed by atoms with Gasteiger partial charge in [-0.2, -0.15) is 0 Å². The van der Waals surface area contributed by atoms with Gasteiger partial charge >= 0.3 is 5.97 Å². The molecule has 0 saturated heterocycles. The van der Waals surface area contributed by atoms with Crippen molar-refractivity contribution in [3.05, 3.63) is 64.2 Å². The topological polar surface area (TPSA) is 43.4 Å². The maximum atomic E-state index is 12.4. The Bertz CT molecular complexity index is 754. The molecule has 2 aromatic rings. The fourth-order valence-electron chi connectivity index (χ4n) is 3.41. The molecular weight excluding hydrogens is 276 g/mol. The summed E-state index contributed by atoms with van der Waals surface area (Å²) in [7, 11) is 0. The molecule has 1 aliphatic rings. The van der Waals surface area contributed by atoms with Gasteiger partial charge in [0, 0.05) is 30.4 Å². The number of ketones is 1. The van der Waals surface area contributed by atoms with Crippen LogP contribution in [0.25, 0.3) is 0 Å². The highest BCUT2D eigenvalue weighted by Gasteiger charge is 2.35. The lowest BCUT2D eigenvalue weighted by molar-refractivity contribution is -0.131. The first-order chi connectivity index (χ1) is 10.5. The molecule has 3 nitrogen and oxygen atoms in total. The van der Waals surface area contributed by atoms with Crippen LogP contribution in [0, 0.1) is 13.8 Å². The average molecular weight is 294 g/mol. The van der Waals surface area contributed by atoms with Crippen molar-refractivity contribution < 1.29 is 14.3 Å². The van der Waals surface area contributed by atoms with E-state index in [1.54, 1.807) is 12.1 Å². The zero-order valence-electron chi connectivity index (χ0n) is 13.0. The molecule has 0 aromatic heterocycles. The van der Waals surface area contributed by atoms with Crippen LogP contribution in [-0.2, 0) is 4.79 Å². The minimum Gasteiger partial charge on any atom is -0.426 e. The molecule has 0 N–H and O–H groups in total. The van der Waals surface area contributed by atoms with E-state index in [9.17, 15) is 9.59 Å². The fraction of sp³-hybridized carbons (Fsp3) is 0.263. The van der Waals surface area contributed by atoms with Gasteiger partial charge in [0.2, 0.25) is 0 Å². The molecule has 22 heavy (non-hydrogen) atoms. The van der Waals surface area contributed by atoms with E-state index in [1.807, 2.05) is 12.1 Å². The van der Waals surface area contributed by atoms with Crippen LogP contribution in [0.5, 0.6) is 5.75 Å². The van der Waals surface area contributed by atoms with E-state index in [4.69, 9.17) is 4.74 Å². The fourth-order valence-corrected chi connectivity index (χ4v) is 3.41. The van der Waals surface area contributed by atoms with Crippen LogP contribution in [0.1, 0.15) is 51.9 Å². The van der Waals surface area contributed by atoms with Gasteiger partial charge in [-0.25, -0.2) is 0 Å². The molecule has 0 aliphatic heterocycles. The van der Waals surface area contributed by atoms with Gasteiger partial charge < -0.3 is 4.74 Å². The third-order valence-electron chi connectivity index (χ3n) is 4.25. The molecule has 3 rings (SSSR count). The van der Waals surface area contributed by atoms with E-state index < -0.39 is 0 Å². The number of carbonyl (C=O) groups is 2. The monoisotopic (exact) mass is 294 g/mol. The van der Waals surface area contributed by atoms with Gasteiger partial charge in [0.25, 0.3) is 0 Å². The Labute approximate surface area is 129 Å². The van der Waals surface area contributed by atoms with E-state index in [-0.39, 0.29) is 17.7 Å². The zero-order valence-corrected chi connectivity index (χ0v) is 13.0. The number of benzene rings is 2. The highest BCUT2D eigenvalue weighted by atomic mass is 16.5. The minimum atomic E-state index is -0.368. The second-order valence-corrected chi connectivity index (χ2v) is 5.80. The van der Waals surface area contributed by atoms with E-state index in [1.165, 1.54) is 6.92 Å². The van der Waals surface area contributed by atoms with Crippen molar-refractivity contribution in [2.75, 3.05) is 0 Å². The number of fused-ring (bicyclic) bond motifs is 1. The van der Waals surface area contributed by atoms with E-state index in [0.717, 1.165) is 22.3 Å². The molecule has 0 bridgehead atoms. The number of hydrogen-bond acceptors (Lipinski definition) is 3. The number of hydrogen-bond donors (Lipinski definition) is 0. The van der Waals surface area contributed by atoms with Gasteiger partial charge in [-0.3, -0.25) is 9.59 Å². The van der Waals surface area contributed by atoms with Crippen molar-refractivity contribution in [2.24, 2.45) is 0 Å². The number of aryl methyl sites for hydroxylation is 2. The summed E-state index contributed by atoms with van der Waals surface area (Å²) >= 11 is 0. The lowest BCUT2D eigenvalue weighted by Crippen LogP contribution is -2.08. The van der Waals surface area contributed by atoms with Crippen LogP contribution in [0.4, 0.5) is 0 Å². The molecule has 3 heteroatoms. The highest BCUT2D eigenvalue weighted by molar-refractivity contribution is 6.03. The third kappa shape index (κ3) is 2.33. The average Bonchev–Trinajstić information content (AvgIpc) is 2.77. The maximum absolute atomic E-state index is 12.4. The predicted molar refractivity (Wildman–Crippen MR) is 84.5 cm³/mol. The van der Waals surface area contributed by atoms with Crippen LogP contribution >= 0.6 is 0 Å². The number of rotatable bonds is 2. The van der Waals surface area contributed by atoms with Crippen LogP contribution in [0.15, 0.2) is 36.4 Å². The van der Waals surface area contributed by atoms with Crippen molar-refractivity contribution in [3.8, 4) is 5.75 Å². The van der Waals surface area contributed by atoms with Crippen molar-refractivity contribution in [3.63, 3.8) is 0 Å². The van der Waals surface area contributed by atoms with Gasteiger partial charge in [0.1, 0.15) is 5.75 Å². The largest absolute Gasteiger partial charge is 0.426 e.